The van der Waals surface area contributed by atoms with E-state index in [1.54, 1.807) is 6.07 Å². The van der Waals surface area contributed by atoms with Gasteiger partial charge in [0.2, 0.25) is 0 Å². The van der Waals surface area contributed by atoms with E-state index in [1.165, 1.54) is 12.8 Å². The summed E-state index contributed by atoms with van der Waals surface area (Å²) < 4.78 is 1.97. The zero-order valence-electron chi connectivity index (χ0n) is 14.8. The maximum Gasteiger partial charge on any atom is 0.160 e. The first-order valence-electron chi connectivity index (χ1n) is 9.16. The summed E-state index contributed by atoms with van der Waals surface area (Å²) in [7, 11) is 0. The maximum atomic E-state index is 6.34. The molecule has 0 spiro atoms. The minimum absolute atomic E-state index is 0.648. The van der Waals surface area contributed by atoms with Gasteiger partial charge in [0, 0.05) is 41.3 Å². The van der Waals surface area contributed by atoms with Crippen molar-refractivity contribution in [2.75, 3.05) is 18.0 Å². The summed E-state index contributed by atoms with van der Waals surface area (Å²) in [5.74, 6) is 1.95. The largest absolute Gasteiger partial charge is 0.356 e. The van der Waals surface area contributed by atoms with Crippen LogP contribution >= 0.6 is 23.2 Å². The molecular weight excluding hydrogens is 367 g/mol. The topological polar surface area (TPSA) is 33.4 Å². The van der Waals surface area contributed by atoms with Crippen LogP contribution in [0.2, 0.25) is 10.0 Å². The molecule has 0 unspecified atom stereocenters. The van der Waals surface area contributed by atoms with Gasteiger partial charge in [0.05, 0.1) is 6.20 Å². The van der Waals surface area contributed by atoms with E-state index in [9.17, 15) is 0 Å². The molecular formula is C20H22Cl2N4. The Balaban J connectivity index is 1.67. The van der Waals surface area contributed by atoms with Crippen molar-refractivity contribution in [1.29, 1.82) is 0 Å². The number of halogens is 2. The Hall–Kier alpha value is -1.78. The summed E-state index contributed by atoms with van der Waals surface area (Å²) in [4.78, 5) is 7.03. The standard InChI is InChI=1S/C20H22Cl2N4/c1-2-9-25(13-14-3-4-14)19-7-8-23-20-16(12-24-26(19)20)10-15-5-6-17(21)11-18(15)22/h5-8,11-12,14H,2-4,9-10,13H2,1H3. The van der Waals surface area contributed by atoms with Crippen molar-refractivity contribution >= 4 is 34.7 Å². The molecule has 3 aromatic rings. The van der Waals surface area contributed by atoms with Crippen LogP contribution in [0.3, 0.4) is 0 Å². The SMILES string of the molecule is CCCN(CC1CC1)c1ccnc2c(Cc3ccc(Cl)cc3Cl)cnn12. The molecule has 0 atom stereocenters. The number of hydrogen-bond donors (Lipinski definition) is 0. The molecule has 4 rings (SSSR count). The first kappa shape index (κ1) is 17.6. The first-order chi connectivity index (χ1) is 12.7. The number of nitrogens with zero attached hydrogens (tertiary/aromatic N) is 4. The van der Waals surface area contributed by atoms with Crippen molar-refractivity contribution in [3.8, 4) is 0 Å². The normalized spacial score (nSPS) is 14.1. The average Bonchev–Trinajstić information content (AvgIpc) is 3.35. The fourth-order valence-electron chi connectivity index (χ4n) is 3.34. The predicted molar refractivity (Wildman–Crippen MR) is 107 cm³/mol. The summed E-state index contributed by atoms with van der Waals surface area (Å²) in [5, 5.41) is 5.96. The highest BCUT2D eigenvalue weighted by Gasteiger charge is 2.25. The third-order valence-electron chi connectivity index (χ3n) is 4.84. The molecule has 2 heterocycles. The minimum Gasteiger partial charge on any atom is -0.356 e. The van der Waals surface area contributed by atoms with Gasteiger partial charge < -0.3 is 4.90 Å². The Morgan fingerprint density at radius 2 is 2.04 bits per heavy atom. The molecule has 6 heteroatoms. The van der Waals surface area contributed by atoms with Gasteiger partial charge in [-0.05, 0) is 48.9 Å². The van der Waals surface area contributed by atoms with Crippen molar-refractivity contribution in [3.63, 3.8) is 0 Å². The Bertz CT molecular complexity index is 917. The fraction of sp³-hybridized carbons (Fsp3) is 0.400. The van der Waals surface area contributed by atoms with Crippen LogP contribution in [0.25, 0.3) is 5.65 Å². The molecule has 0 bridgehead atoms. The zero-order valence-corrected chi connectivity index (χ0v) is 16.3. The number of aromatic nitrogens is 3. The van der Waals surface area contributed by atoms with Gasteiger partial charge in [0.1, 0.15) is 5.82 Å². The molecule has 2 aromatic heterocycles. The van der Waals surface area contributed by atoms with E-state index in [-0.39, 0.29) is 0 Å². The van der Waals surface area contributed by atoms with Crippen LogP contribution in [0.5, 0.6) is 0 Å². The van der Waals surface area contributed by atoms with Gasteiger partial charge >= 0.3 is 0 Å². The average molecular weight is 389 g/mol. The van der Waals surface area contributed by atoms with Gasteiger partial charge in [-0.25, -0.2) is 4.98 Å². The third-order valence-corrected chi connectivity index (χ3v) is 5.43. The second-order valence-electron chi connectivity index (χ2n) is 7.01. The van der Waals surface area contributed by atoms with Gasteiger partial charge in [-0.1, -0.05) is 36.2 Å². The number of fused-ring (bicyclic) bond motifs is 1. The lowest BCUT2D eigenvalue weighted by atomic mass is 10.1. The molecule has 1 aliphatic rings. The van der Waals surface area contributed by atoms with Gasteiger partial charge in [-0.3, -0.25) is 0 Å². The molecule has 136 valence electrons. The van der Waals surface area contributed by atoms with E-state index >= 15 is 0 Å². The van der Waals surface area contributed by atoms with Crippen LogP contribution in [0, 0.1) is 5.92 Å². The van der Waals surface area contributed by atoms with Crippen molar-refractivity contribution < 1.29 is 0 Å². The lowest BCUT2D eigenvalue weighted by Gasteiger charge is -2.24. The summed E-state index contributed by atoms with van der Waals surface area (Å²) in [6.07, 6.45) is 8.27. The minimum atomic E-state index is 0.648. The third kappa shape index (κ3) is 3.67. The molecule has 4 nitrogen and oxygen atoms in total. The Labute approximate surface area is 163 Å². The van der Waals surface area contributed by atoms with E-state index in [2.05, 4.69) is 28.0 Å². The lowest BCUT2D eigenvalue weighted by molar-refractivity contribution is 0.685. The van der Waals surface area contributed by atoms with Crippen LogP contribution in [-0.4, -0.2) is 27.7 Å². The molecule has 0 saturated heterocycles. The second kappa shape index (κ2) is 7.45. The highest BCUT2D eigenvalue weighted by molar-refractivity contribution is 6.35. The van der Waals surface area contributed by atoms with E-state index in [1.807, 2.05) is 29.0 Å². The number of hydrogen-bond acceptors (Lipinski definition) is 3. The molecule has 26 heavy (non-hydrogen) atoms. The van der Waals surface area contributed by atoms with E-state index in [4.69, 9.17) is 23.2 Å². The fourth-order valence-corrected chi connectivity index (χ4v) is 3.82. The van der Waals surface area contributed by atoms with Crippen LogP contribution in [0.4, 0.5) is 5.82 Å². The molecule has 1 aliphatic carbocycles. The molecule has 0 radical (unpaired) electrons. The highest BCUT2D eigenvalue weighted by atomic mass is 35.5. The van der Waals surface area contributed by atoms with E-state index in [0.717, 1.165) is 48.0 Å². The maximum absolute atomic E-state index is 6.34. The van der Waals surface area contributed by atoms with Crippen molar-refractivity contribution in [3.05, 3.63) is 57.8 Å². The van der Waals surface area contributed by atoms with Crippen molar-refractivity contribution in [1.82, 2.24) is 14.6 Å². The smallest absolute Gasteiger partial charge is 0.160 e. The molecule has 0 amide bonds. The first-order valence-corrected chi connectivity index (χ1v) is 9.91. The molecule has 1 fully saturated rings. The highest BCUT2D eigenvalue weighted by Crippen LogP contribution is 2.32. The van der Waals surface area contributed by atoms with E-state index < -0.39 is 0 Å². The lowest BCUT2D eigenvalue weighted by Crippen LogP contribution is -2.28. The zero-order chi connectivity index (χ0) is 18.1. The monoisotopic (exact) mass is 388 g/mol. The molecule has 1 saturated carbocycles. The van der Waals surface area contributed by atoms with Crippen LogP contribution in [0.1, 0.15) is 37.3 Å². The summed E-state index contributed by atoms with van der Waals surface area (Å²) >= 11 is 12.4. The van der Waals surface area contributed by atoms with E-state index in [0.29, 0.717) is 16.5 Å². The Morgan fingerprint density at radius 1 is 1.19 bits per heavy atom. The number of benzene rings is 1. The Morgan fingerprint density at radius 3 is 2.77 bits per heavy atom. The van der Waals surface area contributed by atoms with Gasteiger partial charge in [-0.2, -0.15) is 9.61 Å². The summed E-state index contributed by atoms with van der Waals surface area (Å²) in [6.45, 7) is 4.36. The van der Waals surface area contributed by atoms with Gasteiger partial charge in [-0.15, -0.1) is 0 Å². The van der Waals surface area contributed by atoms with Crippen LogP contribution in [0.15, 0.2) is 36.7 Å². The number of rotatable bonds is 7. The quantitative estimate of drug-likeness (QED) is 0.553. The molecule has 0 N–H and O–H groups in total. The van der Waals surface area contributed by atoms with Crippen molar-refractivity contribution in [2.24, 2.45) is 5.92 Å². The van der Waals surface area contributed by atoms with Crippen molar-refractivity contribution in [2.45, 2.75) is 32.6 Å². The number of anilines is 1. The molecule has 1 aromatic carbocycles. The molecule has 0 aliphatic heterocycles. The summed E-state index contributed by atoms with van der Waals surface area (Å²) in [6, 6.07) is 7.68. The van der Waals surface area contributed by atoms with Crippen LogP contribution in [-0.2, 0) is 6.42 Å². The summed E-state index contributed by atoms with van der Waals surface area (Å²) in [5.41, 5.74) is 2.99. The van der Waals surface area contributed by atoms with Crippen LogP contribution < -0.4 is 4.90 Å². The predicted octanol–water partition coefficient (Wildman–Crippen LogP) is 5.25. The van der Waals surface area contributed by atoms with Gasteiger partial charge in [0.25, 0.3) is 0 Å². The van der Waals surface area contributed by atoms with Gasteiger partial charge in [0.15, 0.2) is 5.65 Å². The second-order valence-corrected chi connectivity index (χ2v) is 7.85. The Kier molecular flexibility index (Phi) is 5.05.